The molecule has 0 aliphatic heterocycles. The molecular formula is C16H12O4S. The molecule has 0 fully saturated rings. The van der Waals surface area contributed by atoms with E-state index >= 15 is 0 Å². The fourth-order valence-corrected chi connectivity index (χ4v) is 3.35. The second-order valence-corrected chi connectivity index (χ2v) is 6.02. The average Bonchev–Trinajstić information content (AvgIpc) is 2.47. The first-order chi connectivity index (χ1) is 9.98. The van der Waals surface area contributed by atoms with E-state index < -0.39 is 10.1 Å². The third kappa shape index (κ3) is 2.37. The van der Waals surface area contributed by atoms with Gasteiger partial charge in [0.15, 0.2) is 0 Å². The highest BCUT2D eigenvalue weighted by Gasteiger charge is 2.22. The lowest BCUT2D eigenvalue weighted by Gasteiger charge is -2.12. The van der Waals surface area contributed by atoms with Crippen LogP contribution in [0.1, 0.15) is 0 Å². The van der Waals surface area contributed by atoms with E-state index in [0.717, 1.165) is 0 Å². The zero-order valence-electron chi connectivity index (χ0n) is 10.9. The van der Waals surface area contributed by atoms with Gasteiger partial charge in [0, 0.05) is 16.3 Å². The first kappa shape index (κ1) is 13.6. The van der Waals surface area contributed by atoms with Gasteiger partial charge in [-0.3, -0.25) is 4.55 Å². The highest BCUT2D eigenvalue weighted by molar-refractivity contribution is 7.86. The molecule has 0 saturated carbocycles. The fourth-order valence-electron chi connectivity index (χ4n) is 2.44. The Bertz CT molecular complexity index is 916. The summed E-state index contributed by atoms with van der Waals surface area (Å²) >= 11 is 0. The molecule has 0 radical (unpaired) electrons. The molecule has 0 heterocycles. The second kappa shape index (κ2) is 4.87. The standard InChI is InChI=1S/C16H12O4S/c17-15-10-14(11-6-2-1-3-7-11)16(21(18,19)20)13-9-5-4-8-12(13)15/h1-10,17H,(H,18,19,20). The Morgan fingerprint density at radius 3 is 2.00 bits per heavy atom. The topological polar surface area (TPSA) is 74.6 Å². The van der Waals surface area contributed by atoms with Gasteiger partial charge in [-0.2, -0.15) is 8.42 Å². The number of hydrogen-bond donors (Lipinski definition) is 2. The van der Waals surface area contributed by atoms with Crippen LogP contribution < -0.4 is 0 Å². The molecule has 3 aromatic carbocycles. The van der Waals surface area contributed by atoms with Crippen molar-refractivity contribution in [3.8, 4) is 16.9 Å². The molecule has 0 aromatic heterocycles. The molecule has 0 aliphatic carbocycles. The molecule has 0 spiro atoms. The van der Waals surface area contributed by atoms with Gasteiger partial charge >= 0.3 is 0 Å². The van der Waals surface area contributed by atoms with Crippen molar-refractivity contribution >= 4 is 20.9 Å². The Hall–Kier alpha value is -2.37. The molecule has 106 valence electrons. The van der Waals surface area contributed by atoms with Crippen molar-refractivity contribution in [2.45, 2.75) is 4.90 Å². The van der Waals surface area contributed by atoms with Crippen LogP contribution in [0.15, 0.2) is 65.6 Å². The highest BCUT2D eigenvalue weighted by Crippen LogP contribution is 2.38. The van der Waals surface area contributed by atoms with Gasteiger partial charge in [-0.05, 0) is 11.6 Å². The molecule has 5 heteroatoms. The van der Waals surface area contributed by atoms with Crippen molar-refractivity contribution in [3.63, 3.8) is 0 Å². The molecule has 2 N–H and O–H groups in total. The molecule has 0 atom stereocenters. The highest BCUT2D eigenvalue weighted by atomic mass is 32.2. The number of phenols is 1. The van der Waals surface area contributed by atoms with Crippen molar-refractivity contribution in [2.75, 3.05) is 0 Å². The van der Waals surface area contributed by atoms with Gasteiger partial charge in [-0.25, -0.2) is 0 Å². The summed E-state index contributed by atoms with van der Waals surface area (Å²) < 4.78 is 33.3. The summed E-state index contributed by atoms with van der Waals surface area (Å²) in [4.78, 5) is -0.192. The summed E-state index contributed by atoms with van der Waals surface area (Å²) in [6.45, 7) is 0. The minimum atomic E-state index is -4.44. The number of phenolic OH excluding ortho intramolecular Hbond substituents is 1. The molecule has 0 bridgehead atoms. The van der Waals surface area contributed by atoms with Crippen molar-refractivity contribution in [3.05, 3.63) is 60.7 Å². The molecule has 0 unspecified atom stereocenters. The van der Waals surface area contributed by atoms with Crippen LogP contribution in [0.3, 0.4) is 0 Å². The Labute approximate surface area is 122 Å². The van der Waals surface area contributed by atoms with E-state index in [-0.39, 0.29) is 16.2 Å². The Balaban J connectivity index is 2.51. The summed E-state index contributed by atoms with van der Waals surface area (Å²) in [6.07, 6.45) is 0. The predicted octanol–water partition coefficient (Wildman–Crippen LogP) is 3.46. The van der Waals surface area contributed by atoms with Crippen LogP contribution in [0, 0.1) is 0 Å². The number of hydrogen-bond acceptors (Lipinski definition) is 3. The van der Waals surface area contributed by atoms with Crippen LogP contribution in [0.25, 0.3) is 21.9 Å². The van der Waals surface area contributed by atoms with Gasteiger partial charge in [0.1, 0.15) is 10.6 Å². The third-order valence-electron chi connectivity index (χ3n) is 3.32. The molecule has 0 saturated heterocycles. The molecule has 3 aromatic rings. The summed E-state index contributed by atoms with van der Waals surface area (Å²) in [7, 11) is -4.44. The fraction of sp³-hybridized carbons (Fsp3) is 0. The van der Waals surface area contributed by atoms with Crippen molar-refractivity contribution in [1.82, 2.24) is 0 Å². The number of fused-ring (bicyclic) bond motifs is 1. The van der Waals surface area contributed by atoms with Crippen LogP contribution in [0.4, 0.5) is 0 Å². The van der Waals surface area contributed by atoms with Gasteiger partial charge in [-0.1, -0.05) is 54.6 Å². The molecule has 0 aliphatic rings. The Morgan fingerprint density at radius 1 is 0.810 bits per heavy atom. The van der Waals surface area contributed by atoms with E-state index in [9.17, 15) is 18.1 Å². The number of rotatable bonds is 2. The lowest BCUT2D eigenvalue weighted by Crippen LogP contribution is -2.02. The van der Waals surface area contributed by atoms with E-state index in [1.807, 2.05) is 0 Å². The zero-order chi connectivity index (χ0) is 15.0. The van der Waals surface area contributed by atoms with Crippen LogP contribution in [-0.2, 0) is 10.1 Å². The molecule has 0 amide bonds. The summed E-state index contributed by atoms with van der Waals surface area (Å²) in [5, 5.41) is 10.8. The van der Waals surface area contributed by atoms with E-state index in [2.05, 4.69) is 0 Å². The maximum Gasteiger partial charge on any atom is 0.295 e. The van der Waals surface area contributed by atoms with E-state index in [0.29, 0.717) is 16.3 Å². The lowest BCUT2D eigenvalue weighted by molar-refractivity contribution is 0.479. The molecule has 3 rings (SSSR count). The van der Waals surface area contributed by atoms with Crippen LogP contribution in [0.2, 0.25) is 0 Å². The van der Waals surface area contributed by atoms with Crippen LogP contribution >= 0.6 is 0 Å². The minimum Gasteiger partial charge on any atom is -0.507 e. The van der Waals surface area contributed by atoms with E-state index in [4.69, 9.17) is 0 Å². The summed E-state index contributed by atoms with van der Waals surface area (Å²) in [5.41, 5.74) is 0.875. The maximum atomic E-state index is 11.8. The van der Waals surface area contributed by atoms with E-state index in [1.165, 1.54) is 6.07 Å². The van der Waals surface area contributed by atoms with E-state index in [1.54, 1.807) is 54.6 Å². The first-order valence-corrected chi connectivity index (χ1v) is 7.70. The SMILES string of the molecule is O=S(=O)(O)c1c(-c2ccccc2)cc(O)c2ccccc12. The Morgan fingerprint density at radius 2 is 1.38 bits per heavy atom. The first-order valence-electron chi connectivity index (χ1n) is 6.26. The van der Waals surface area contributed by atoms with Crippen molar-refractivity contribution in [2.24, 2.45) is 0 Å². The van der Waals surface area contributed by atoms with Gasteiger partial charge in [0.2, 0.25) is 0 Å². The molecule has 21 heavy (non-hydrogen) atoms. The largest absolute Gasteiger partial charge is 0.507 e. The predicted molar refractivity (Wildman–Crippen MR) is 80.9 cm³/mol. The monoisotopic (exact) mass is 300 g/mol. The van der Waals surface area contributed by atoms with Gasteiger partial charge < -0.3 is 5.11 Å². The normalized spacial score (nSPS) is 11.7. The van der Waals surface area contributed by atoms with Crippen molar-refractivity contribution in [1.29, 1.82) is 0 Å². The van der Waals surface area contributed by atoms with Crippen LogP contribution in [0.5, 0.6) is 5.75 Å². The summed E-state index contributed by atoms with van der Waals surface area (Å²) in [5.74, 6) is -0.0307. The summed E-state index contributed by atoms with van der Waals surface area (Å²) in [6, 6.07) is 16.6. The second-order valence-electron chi connectivity index (χ2n) is 4.66. The maximum absolute atomic E-state index is 11.8. The Kier molecular flexibility index (Phi) is 3.16. The van der Waals surface area contributed by atoms with Gasteiger partial charge in [0.05, 0.1) is 0 Å². The van der Waals surface area contributed by atoms with Gasteiger partial charge in [0.25, 0.3) is 10.1 Å². The van der Waals surface area contributed by atoms with Crippen molar-refractivity contribution < 1.29 is 18.1 Å². The van der Waals surface area contributed by atoms with Gasteiger partial charge in [-0.15, -0.1) is 0 Å². The minimum absolute atomic E-state index is 0.0307. The number of aromatic hydroxyl groups is 1. The third-order valence-corrected chi connectivity index (χ3v) is 4.27. The molecule has 4 nitrogen and oxygen atoms in total. The lowest BCUT2D eigenvalue weighted by atomic mass is 10.0. The molecular weight excluding hydrogens is 288 g/mol. The number of benzene rings is 3. The quantitative estimate of drug-likeness (QED) is 0.711. The average molecular weight is 300 g/mol. The van der Waals surface area contributed by atoms with Crippen LogP contribution in [-0.4, -0.2) is 18.1 Å². The smallest absolute Gasteiger partial charge is 0.295 e. The zero-order valence-corrected chi connectivity index (χ0v) is 11.7.